The Morgan fingerprint density at radius 1 is 1.41 bits per heavy atom. The molecule has 0 atom stereocenters. The maximum atomic E-state index is 10.9. The molecule has 0 amide bonds. The Bertz CT molecular complexity index is 379. The van der Waals surface area contributed by atoms with Crippen LogP contribution in [0.15, 0.2) is 22.7 Å². The predicted octanol–water partition coefficient (Wildman–Crippen LogP) is 2.95. The molecule has 0 heterocycles. The van der Waals surface area contributed by atoms with E-state index in [4.69, 9.17) is 14.6 Å². The van der Waals surface area contributed by atoms with Crippen molar-refractivity contribution in [1.82, 2.24) is 0 Å². The summed E-state index contributed by atoms with van der Waals surface area (Å²) in [6.45, 7) is 3.67. The standard InChI is InChI=1S/C12H15BrO4/c1-2-16-6-3-7-17-11-8-9(13)4-5-10(11)12(14)15/h4-5,8H,2-3,6-7H2,1H3,(H,14,15). The number of carbonyl (C=O) groups is 1. The summed E-state index contributed by atoms with van der Waals surface area (Å²) >= 11 is 3.28. The average Bonchev–Trinajstić information content (AvgIpc) is 2.28. The summed E-state index contributed by atoms with van der Waals surface area (Å²) in [5.41, 5.74) is 0.171. The summed E-state index contributed by atoms with van der Waals surface area (Å²) in [7, 11) is 0. The molecule has 0 aliphatic heterocycles. The van der Waals surface area contributed by atoms with Gasteiger partial charge in [-0.15, -0.1) is 0 Å². The van der Waals surface area contributed by atoms with Crippen molar-refractivity contribution < 1.29 is 19.4 Å². The fraction of sp³-hybridized carbons (Fsp3) is 0.417. The Labute approximate surface area is 109 Å². The van der Waals surface area contributed by atoms with E-state index in [0.717, 1.165) is 10.9 Å². The maximum Gasteiger partial charge on any atom is 0.339 e. The first-order valence-electron chi connectivity index (χ1n) is 5.38. The number of rotatable bonds is 7. The predicted molar refractivity (Wildman–Crippen MR) is 67.7 cm³/mol. The van der Waals surface area contributed by atoms with Crippen LogP contribution in [-0.4, -0.2) is 30.9 Å². The van der Waals surface area contributed by atoms with Gasteiger partial charge in [-0.3, -0.25) is 0 Å². The highest BCUT2D eigenvalue weighted by Gasteiger charge is 2.11. The van der Waals surface area contributed by atoms with E-state index in [1.807, 2.05) is 6.92 Å². The highest BCUT2D eigenvalue weighted by atomic mass is 79.9. The van der Waals surface area contributed by atoms with Crippen LogP contribution in [-0.2, 0) is 4.74 Å². The van der Waals surface area contributed by atoms with E-state index in [0.29, 0.717) is 25.6 Å². The summed E-state index contributed by atoms with van der Waals surface area (Å²) in [4.78, 5) is 10.9. The Hall–Kier alpha value is -1.07. The molecule has 0 spiro atoms. The van der Waals surface area contributed by atoms with Gasteiger partial charge in [-0.2, -0.15) is 0 Å². The summed E-state index contributed by atoms with van der Waals surface area (Å²) in [5.74, 6) is -0.610. The van der Waals surface area contributed by atoms with Crippen LogP contribution in [0.4, 0.5) is 0 Å². The minimum absolute atomic E-state index is 0.171. The Kier molecular flexibility index (Phi) is 6.00. The molecule has 0 unspecified atom stereocenters. The minimum Gasteiger partial charge on any atom is -0.493 e. The number of halogens is 1. The fourth-order valence-electron chi connectivity index (χ4n) is 1.28. The van der Waals surface area contributed by atoms with Gasteiger partial charge in [0.25, 0.3) is 0 Å². The molecule has 1 aromatic carbocycles. The number of hydrogen-bond acceptors (Lipinski definition) is 3. The number of hydrogen-bond donors (Lipinski definition) is 1. The number of benzene rings is 1. The molecular formula is C12H15BrO4. The maximum absolute atomic E-state index is 10.9. The van der Waals surface area contributed by atoms with Gasteiger partial charge >= 0.3 is 5.97 Å². The van der Waals surface area contributed by atoms with Gasteiger partial charge in [-0.25, -0.2) is 4.79 Å². The third-order valence-corrected chi connectivity index (χ3v) is 2.56. The lowest BCUT2D eigenvalue weighted by Crippen LogP contribution is -2.06. The zero-order valence-electron chi connectivity index (χ0n) is 9.61. The summed E-state index contributed by atoms with van der Waals surface area (Å²) in [6.07, 6.45) is 0.736. The molecule has 1 N–H and O–H groups in total. The van der Waals surface area contributed by atoms with Gasteiger partial charge in [-0.1, -0.05) is 15.9 Å². The van der Waals surface area contributed by atoms with E-state index in [-0.39, 0.29) is 5.56 Å². The van der Waals surface area contributed by atoms with Crippen molar-refractivity contribution in [3.8, 4) is 5.75 Å². The second-order valence-electron chi connectivity index (χ2n) is 3.34. The van der Waals surface area contributed by atoms with Crippen molar-refractivity contribution in [3.05, 3.63) is 28.2 Å². The Morgan fingerprint density at radius 3 is 2.82 bits per heavy atom. The molecular weight excluding hydrogens is 288 g/mol. The monoisotopic (exact) mass is 302 g/mol. The third kappa shape index (κ3) is 4.75. The van der Waals surface area contributed by atoms with E-state index in [9.17, 15) is 4.79 Å². The van der Waals surface area contributed by atoms with Crippen LogP contribution >= 0.6 is 15.9 Å². The number of aromatic carboxylic acids is 1. The van der Waals surface area contributed by atoms with Crippen LogP contribution in [0.3, 0.4) is 0 Å². The minimum atomic E-state index is -0.989. The highest BCUT2D eigenvalue weighted by Crippen LogP contribution is 2.23. The van der Waals surface area contributed by atoms with Crippen LogP contribution in [0.2, 0.25) is 0 Å². The van der Waals surface area contributed by atoms with Crippen molar-refractivity contribution in [3.63, 3.8) is 0 Å². The second kappa shape index (κ2) is 7.29. The molecule has 0 saturated heterocycles. The SMILES string of the molecule is CCOCCCOc1cc(Br)ccc1C(=O)O. The molecule has 0 aliphatic carbocycles. The van der Waals surface area contributed by atoms with Gasteiger partial charge in [0.05, 0.1) is 6.61 Å². The van der Waals surface area contributed by atoms with Crippen LogP contribution in [0.25, 0.3) is 0 Å². The lowest BCUT2D eigenvalue weighted by atomic mass is 10.2. The van der Waals surface area contributed by atoms with Crippen molar-refractivity contribution >= 4 is 21.9 Å². The fourth-order valence-corrected chi connectivity index (χ4v) is 1.62. The largest absolute Gasteiger partial charge is 0.493 e. The van der Waals surface area contributed by atoms with Gasteiger partial charge in [0.15, 0.2) is 0 Å². The highest BCUT2D eigenvalue weighted by molar-refractivity contribution is 9.10. The second-order valence-corrected chi connectivity index (χ2v) is 4.26. The topological polar surface area (TPSA) is 55.8 Å². The normalized spacial score (nSPS) is 10.2. The van der Waals surface area contributed by atoms with E-state index in [1.165, 1.54) is 6.07 Å². The van der Waals surface area contributed by atoms with E-state index in [2.05, 4.69) is 15.9 Å². The number of ether oxygens (including phenoxy) is 2. The molecule has 94 valence electrons. The summed E-state index contributed by atoms with van der Waals surface area (Å²) < 4.78 is 11.4. The molecule has 17 heavy (non-hydrogen) atoms. The van der Waals surface area contributed by atoms with Crippen LogP contribution in [0, 0.1) is 0 Å². The molecule has 0 bridgehead atoms. The quantitative estimate of drug-likeness (QED) is 0.787. The van der Waals surface area contributed by atoms with Gasteiger partial charge < -0.3 is 14.6 Å². The molecule has 0 radical (unpaired) electrons. The van der Waals surface area contributed by atoms with E-state index < -0.39 is 5.97 Å². The zero-order valence-corrected chi connectivity index (χ0v) is 11.2. The molecule has 1 aromatic rings. The molecule has 0 aliphatic rings. The molecule has 1 rings (SSSR count). The number of carboxylic acid groups (broad SMARTS) is 1. The third-order valence-electron chi connectivity index (χ3n) is 2.07. The molecule has 0 aromatic heterocycles. The average molecular weight is 303 g/mol. The molecule has 4 nitrogen and oxygen atoms in total. The van der Waals surface area contributed by atoms with Crippen molar-refractivity contribution in [2.24, 2.45) is 0 Å². The van der Waals surface area contributed by atoms with Gasteiger partial charge in [0, 0.05) is 24.1 Å². The van der Waals surface area contributed by atoms with Crippen LogP contribution in [0.5, 0.6) is 5.75 Å². The first kappa shape index (κ1) is 14.0. The molecule has 0 fully saturated rings. The smallest absolute Gasteiger partial charge is 0.339 e. The Balaban J connectivity index is 2.56. The molecule has 5 heteroatoms. The number of carboxylic acids is 1. The van der Waals surface area contributed by atoms with E-state index >= 15 is 0 Å². The van der Waals surface area contributed by atoms with Gasteiger partial charge in [0.1, 0.15) is 11.3 Å². The lowest BCUT2D eigenvalue weighted by Gasteiger charge is -2.09. The van der Waals surface area contributed by atoms with Gasteiger partial charge in [-0.05, 0) is 25.1 Å². The van der Waals surface area contributed by atoms with Crippen molar-refractivity contribution in [2.45, 2.75) is 13.3 Å². The van der Waals surface area contributed by atoms with Crippen molar-refractivity contribution in [1.29, 1.82) is 0 Å². The van der Waals surface area contributed by atoms with Crippen LogP contribution < -0.4 is 4.74 Å². The molecule has 0 saturated carbocycles. The first-order chi connectivity index (χ1) is 8.15. The van der Waals surface area contributed by atoms with Crippen molar-refractivity contribution in [2.75, 3.05) is 19.8 Å². The zero-order chi connectivity index (χ0) is 12.7. The Morgan fingerprint density at radius 2 is 2.18 bits per heavy atom. The summed E-state index contributed by atoms with van der Waals surface area (Å²) in [6, 6.07) is 4.85. The van der Waals surface area contributed by atoms with Gasteiger partial charge in [0.2, 0.25) is 0 Å². The van der Waals surface area contributed by atoms with E-state index in [1.54, 1.807) is 12.1 Å². The summed E-state index contributed by atoms with van der Waals surface area (Å²) in [5, 5.41) is 8.98. The van der Waals surface area contributed by atoms with Crippen LogP contribution in [0.1, 0.15) is 23.7 Å². The first-order valence-corrected chi connectivity index (χ1v) is 6.18. The lowest BCUT2D eigenvalue weighted by molar-refractivity contribution is 0.0691.